The molecule has 16 heteroatoms. The van der Waals surface area contributed by atoms with Crippen molar-refractivity contribution in [2.24, 2.45) is 0 Å². The number of benzene rings is 4. The van der Waals surface area contributed by atoms with Gasteiger partial charge in [0.1, 0.15) is 45.6 Å². The van der Waals surface area contributed by atoms with Crippen LogP contribution in [-0.2, 0) is 26.2 Å². The molecule has 0 saturated carbocycles. The first kappa shape index (κ1) is 48.2. The van der Waals surface area contributed by atoms with E-state index in [1.807, 2.05) is 109 Å². The second-order valence-corrected chi connectivity index (χ2v) is 19.6. The van der Waals surface area contributed by atoms with Gasteiger partial charge in [-0.1, -0.05) is 0 Å². The minimum atomic E-state index is 0.482. The van der Waals surface area contributed by atoms with E-state index in [9.17, 15) is 0 Å². The van der Waals surface area contributed by atoms with Crippen LogP contribution in [0.4, 0.5) is 0 Å². The van der Waals surface area contributed by atoms with Gasteiger partial charge in [-0.25, -0.2) is 29.9 Å². The zero-order chi connectivity index (χ0) is 52.0. The molecule has 4 aromatic carbocycles. The molecule has 2 N–H and O–H groups in total. The number of nitrogens with zero attached hydrogens (tertiary/aromatic N) is 10. The summed E-state index contributed by atoms with van der Waals surface area (Å²) in [6.07, 6.45) is 22.2. The van der Waals surface area contributed by atoms with Gasteiger partial charge < -0.3 is 47.2 Å². The first-order chi connectivity index (χ1) is 38.6. The quantitative estimate of drug-likeness (QED) is 0.0624. The number of aromatic amines is 2. The van der Waals surface area contributed by atoms with E-state index in [2.05, 4.69) is 89.9 Å². The fourth-order valence-electron chi connectivity index (χ4n) is 10.2. The highest BCUT2D eigenvalue weighted by molar-refractivity contribution is 6.07. The third-order valence-electron chi connectivity index (χ3n) is 14.2. The Kier molecular flexibility index (Phi) is 13.6. The molecule has 0 radical (unpaired) electrons. The molecule has 0 aliphatic carbocycles. The second kappa shape index (κ2) is 22.0. The van der Waals surface area contributed by atoms with Crippen LogP contribution in [0.3, 0.4) is 0 Å². The van der Waals surface area contributed by atoms with Gasteiger partial charge in [0.05, 0.1) is 26.4 Å². The SMILES string of the molecule is c1ccn(CCCCCOc2ccc3c4nc5nc(nc6[nH]c(nc7nc(nc([nH]4)c3c2)-c2ccc(OCCCn3cccc3)cc2-7)c2ccc(OCCCn3cccc3)cc62)-c2ccc(OCCCn3cccc3)cc2-5)c1. The highest BCUT2D eigenvalue weighted by Gasteiger charge is 2.24. The Labute approximate surface area is 450 Å². The Morgan fingerprint density at radius 1 is 0.295 bits per heavy atom. The van der Waals surface area contributed by atoms with Crippen molar-refractivity contribution < 1.29 is 18.9 Å². The molecular formula is C62H58N12O4. The van der Waals surface area contributed by atoms with Gasteiger partial charge in [0.25, 0.3) is 0 Å². The fourth-order valence-corrected chi connectivity index (χ4v) is 10.2. The van der Waals surface area contributed by atoms with Crippen molar-refractivity contribution in [2.45, 2.75) is 64.7 Å². The predicted octanol–water partition coefficient (Wildman–Crippen LogP) is 12.7. The first-order valence-electron chi connectivity index (χ1n) is 26.9. The lowest BCUT2D eigenvalue weighted by atomic mass is 10.1. The summed E-state index contributed by atoms with van der Waals surface area (Å²) in [5.41, 5.74) is 5.52. The molecule has 8 bridgehead atoms. The lowest BCUT2D eigenvalue weighted by Gasteiger charge is -2.08. The standard InChI is InChI=1S/C62H58N12O4/c1(2-23-71-24-3-4-25-71)11-35-75-43-15-19-47-51(39-43)59-63-55(47)65-60-53-41-45(77-37-13-33-73-28-7-8-29-73)17-21-49(53)57(67-60)69-62-54-42-46(78-38-14-34-74-30-9-10-31-74)18-22-50(54)58(70-62)68-61-52-40-44(16-20-48(52)56(64-59)66-61)76-36-12-32-72-26-5-6-27-72/h3-10,15-22,24-31,39-42H,1-2,11-14,23,32-38H2,(H2,63,64,65,66,67,68,69,70). The normalized spacial score (nSPS) is 11.8. The van der Waals surface area contributed by atoms with E-state index in [1.54, 1.807) is 0 Å². The third-order valence-corrected chi connectivity index (χ3v) is 14.2. The molecule has 0 fully saturated rings. The van der Waals surface area contributed by atoms with Gasteiger partial charge in [-0.05, 0) is 160 Å². The maximum absolute atomic E-state index is 6.42. The minimum absolute atomic E-state index is 0.482. The van der Waals surface area contributed by atoms with Gasteiger partial charge >= 0.3 is 0 Å². The van der Waals surface area contributed by atoms with Crippen molar-refractivity contribution in [2.75, 3.05) is 26.4 Å². The minimum Gasteiger partial charge on any atom is -0.494 e. The molecule has 7 aromatic heterocycles. The van der Waals surface area contributed by atoms with Gasteiger partial charge in [-0.2, -0.15) is 0 Å². The number of rotatable bonds is 22. The van der Waals surface area contributed by atoms with Crippen LogP contribution in [0.2, 0.25) is 0 Å². The van der Waals surface area contributed by atoms with Crippen LogP contribution >= 0.6 is 0 Å². The van der Waals surface area contributed by atoms with E-state index in [1.165, 1.54) is 0 Å². The molecule has 16 nitrogen and oxygen atoms in total. The molecular weight excluding hydrogens is 977 g/mol. The van der Waals surface area contributed by atoms with Crippen molar-refractivity contribution in [1.29, 1.82) is 0 Å². The van der Waals surface area contributed by atoms with Crippen LogP contribution in [0.1, 0.15) is 38.5 Å². The topological polar surface area (TPSA) is 166 Å². The van der Waals surface area contributed by atoms with Crippen LogP contribution in [0.15, 0.2) is 171 Å². The Morgan fingerprint density at radius 2 is 0.615 bits per heavy atom. The van der Waals surface area contributed by atoms with Crippen LogP contribution < -0.4 is 18.9 Å². The number of H-pyrrole nitrogens is 2. The highest BCUT2D eigenvalue weighted by atomic mass is 16.5. The van der Waals surface area contributed by atoms with Crippen molar-refractivity contribution in [3.05, 3.63) is 171 Å². The second-order valence-electron chi connectivity index (χ2n) is 19.6. The number of aryl methyl sites for hydroxylation is 4. The van der Waals surface area contributed by atoms with E-state index >= 15 is 0 Å². The summed E-state index contributed by atoms with van der Waals surface area (Å²) in [6, 6.07) is 40.5. The molecule has 11 aromatic rings. The smallest absolute Gasteiger partial charge is 0.164 e. The molecule has 13 rings (SSSR count). The number of fused-ring (bicyclic) bond motifs is 20. The summed E-state index contributed by atoms with van der Waals surface area (Å²) >= 11 is 0. The van der Waals surface area contributed by atoms with Crippen molar-refractivity contribution in [3.63, 3.8) is 0 Å². The predicted molar refractivity (Wildman–Crippen MR) is 303 cm³/mol. The zero-order valence-corrected chi connectivity index (χ0v) is 43.2. The number of hydrogen-bond acceptors (Lipinski definition) is 10. The van der Waals surface area contributed by atoms with Gasteiger partial charge in [0.15, 0.2) is 23.3 Å². The molecule has 0 saturated heterocycles. The maximum Gasteiger partial charge on any atom is 0.164 e. The summed E-state index contributed by atoms with van der Waals surface area (Å²) in [7, 11) is 0. The summed E-state index contributed by atoms with van der Waals surface area (Å²) < 4.78 is 34.3. The number of nitrogens with one attached hydrogen (secondary N) is 2. The lowest BCUT2D eigenvalue weighted by molar-refractivity contribution is 0.302. The highest BCUT2D eigenvalue weighted by Crippen LogP contribution is 2.40. The van der Waals surface area contributed by atoms with Gasteiger partial charge in [-0.15, -0.1) is 0 Å². The number of unbranched alkanes of at least 4 members (excludes halogenated alkanes) is 2. The number of hydrogen-bond donors (Lipinski definition) is 2. The summed E-state index contributed by atoms with van der Waals surface area (Å²) in [4.78, 5) is 38.9. The van der Waals surface area contributed by atoms with E-state index < -0.39 is 0 Å². The zero-order valence-electron chi connectivity index (χ0n) is 43.2. The van der Waals surface area contributed by atoms with E-state index in [4.69, 9.17) is 48.9 Å². The summed E-state index contributed by atoms with van der Waals surface area (Å²) in [5, 5.41) is 3.34. The number of ether oxygens (including phenoxy) is 4. The van der Waals surface area contributed by atoms with Crippen LogP contribution in [-0.4, -0.2) is 84.6 Å². The molecule has 0 amide bonds. The molecule has 0 spiro atoms. The van der Waals surface area contributed by atoms with Crippen molar-refractivity contribution in [1.82, 2.24) is 58.1 Å². The van der Waals surface area contributed by atoms with Crippen LogP contribution in [0, 0.1) is 0 Å². The van der Waals surface area contributed by atoms with Gasteiger partial charge in [0, 0.05) is 120 Å². The summed E-state index contributed by atoms with van der Waals surface area (Å²) in [6.45, 7) is 5.76. The Balaban J connectivity index is 0.925. The molecule has 2 aliphatic heterocycles. The van der Waals surface area contributed by atoms with E-state index in [0.29, 0.717) is 72.3 Å². The monoisotopic (exact) mass is 1030 g/mol. The average molecular weight is 1040 g/mol. The van der Waals surface area contributed by atoms with Crippen molar-refractivity contribution in [3.8, 4) is 68.5 Å². The molecule has 2 aliphatic rings. The van der Waals surface area contributed by atoms with Gasteiger partial charge in [0.2, 0.25) is 0 Å². The van der Waals surface area contributed by atoms with E-state index in [0.717, 1.165) is 132 Å². The van der Waals surface area contributed by atoms with E-state index in [-0.39, 0.29) is 0 Å². The molecule has 9 heterocycles. The third kappa shape index (κ3) is 10.6. The first-order valence-corrected chi connectivity index (χ1v) is 26.9. The maximum atomic E-state index is 6.42. The Bertz CT molecular complexity index is 3960. The molecule has 390 valence electrons. The molecule has 0 atom stereocenters. The Hall–Kier alpha value is -9.44. The van der Waals surface area contributed by atoms with Crippen molar-refractivity contribution >= 4 is 44.1 Å². The van der Waals surface area contributed by atoms with Crippen LogP contribution in [0.25, 0.3) is 89.7 Å². The largest absolute Gasteiger partial charge is 0.494 e. The lowest BCUT2D eigenvalue weighted by Crippen LogP contribution is -2.03. The number of aromatic nitrogens is 12. The van der Waals surface area contributed by atoms with Gasteiger partial charge in [-0.3, -0.25) is 0 Å². The molecule has 78 heavy (non-hydrogen) atoms. The molecule has 0 unspecified atom stereocenters. The Morgan fingerprint density at radius 3 is 1.01 bits per heavy atom. The summed E-state index contributed by atoms with van der Waals surface area (Å²) in [5.74, 6) is 4.85. The average Bonchev–Trinajstić information content (AvgIpc) is 4.41. The van der Waals surface area contributed by atoms with Crippen LogP contribution in [0.5, 0.6) is 23.0 Å². The fraction of sp³-hybridized carbons (Fsp3) is 0.226.